The Bertz CT molecular complexity index is 4650. The summed E-state index contributed by atoms with van der Waals surface area (Å²) in [6, 6.07) is 83.1. The van der Waals surface area contributed by atoms with Crippen LogP contribution in [-0.2, 0) is 0 Å². The van der Waals surface area contributed by atoms with Crippen molar-refractivity contribution >= 4 is 118 Å². The van der Waals surface area contributed by atoms with Crippen LogP contribution in [0.25, 0.3) is 174 Å². The highest BCUT2D eigenvalue weighted by Gasteiger charge is 2.29. The molecule has 16 aromatic carbocycles. The van der Waals surface area contributed by atoms with Crippen LogP contribution in [0.5, 0.6) is 0 Å². The fraction of sp³-hybridized carbons (Fsp3) is 0. The van der Waals surface area contributed by atoms with Crippen LogP contribution in [0.1, 0.15) is 0 Å². The van der Waals surface area contributed by atoms with E-state index in [0.29, 0.717) is 0 Å². The Kier molecular flexibility index (Phi) is 6.53. The first-order valence-corrected chi connectivity index (χ1v) is 23.9. The summed E-state index contributed by atoms with van der Waals surface area (Å²) >= 11 is 0. The average molecular weight is 853 g/mol. The van der Waals surface area contributed by atoms with Gasteiger partial charge in [0.2, 0.25) is 0 Å². The lowest BCUT2D eigenvalue weighted by Crippen LogP contribution is -1.89. The van der Waals surface area contributed by atoms with Gasteiger partial charge in [-0.25, -0.2) is 0 Å². The summed E-state index contributed by atoms with van der Waals surface area (Å²) in [5.41, 5.74) is 13.0. The maximum Gasteiger partial charge on any atom is -0.000740 e. The number of fused-ring (bicyclic) bond motifs is 13. The molecule has 68 heavy (non-hydrogen) atoms. The van der Waals surface area contributed by atoms with Gasteiger partial charge in [-0.3, -0.25) is 0 Å². The smallest absolute Gasteiger partial charge is 0.000740 e. The van der Waals surface area contributed by atoms with Gasteiger partial charge in [-0.1, -0.05) is 188 Å². The highest BCUT2D eigenvalue weighted by atomic mass is 14.3. The summed E-state index contributed by atoms with van der Waals surface area (Å²) in [6.45, 7) is 0. The maximum atomic E-state index is 2.54. The summed E-state index contributed by atoms with van der Waals surface area (Å²) in [5, 5.41) is 29.2. The first-order valence-electron chi connectivity index (χ1n) is 23.9. The Labute approximate surface area is 390 Å². The first kappa shape index (κ1) is 35.4. The van der Waals surface area contributed by atoms with Crippen molar-refractivity contribution in [1.82, 2.24) is 0 Å². The van der Waals surface area contributed by atoms with Gasteiger partial charge in [-0.15, -0.1) is 0 Å². The van der Waals surface area contributed by atoms with E-state index in [1.165, 1.54) is 174 Å². The molecule has 0 aromatic heterocycles. The van der Waals surface area contributed by atoms with Crippen LogP contribution in [0.4, 0.5) is 0 Å². The van der Waals surface area contributed by atoms with Gasteiger partial charge in [0.1, 0.15) is 0 Å². The molecular formula is C68H36. The van der Waals surface area contributed by atoms with E-state index in [1.54, 1.807) is 0 Å². The van der Waals surface area contributed by atoms with Crippen molar-refractivity contribution in [3.63, 3.8) is 0 Å². The molecule has 16 aromatic rings. The van der Waals surface area contributed by atoms with Crippen molar-refractivity contribution in [3.05, 3.63) is 218 Å². The number of hydrogen-bond donors (Lipinski definition) is 0. The van der Waals surface area contributed by atoms with E-state index in [4.69, 9.17) is 0 Å². The molecule has 0 bridgehead atoms. The quantitative estimate of drug-likeness (QED) is 0.123. The molecule has 0 aliphatic heterocycles. The molecule has 17 rings (SSSR count). The summed E-state index contributed by atoms with van der Waals surface area (Å²) in [4.78, 5) is 0. The molecule has 0 nitrogen and oxygen atoms in total. The molecule has 0 N–H and O–H groups in total. The fourth-order valence-electron chi connectivity index (χ4n) is 13.4. The molecule has 308 valence electrons. The summed E-state index contributed by atoms with van der Waals surface area (Å²) in [6.07, 6.45) is 0. The Balaban J connectivity index is 1.00. The van der Waals surface area contributed by atoms with Crippen LogP contribution in [0.3, 0.4) is 0 Å². The van der Waals surface area contributed by atoms with E-state index < -0.39 is 0 Å². The van der Waals surface area contributed by atoms with Crippen LogP contribution in [0, 0.1) is 0 Å². The maximum absolute atomic E-state index is 2.54. The molecule has 0 amide bonds. The Morgan fingerprint density at radius 2 is 0.603 bits per heavy atom. The largest absolute Gasteiger partial charge is 0.0622 e. The first-order chi connectivity index (χ1) is 33.7. The molecule has 1 aliphatic rings. The average Bonchev–Trinajstić information content (AvgIpc) is 4.02. The Morgan fingerprint density at radius 1 is 0.162 bits per heavy atom. The lowest BCUT2D eigenvalue weighted by atomic mass is 9.85. The van der Waals surface area contributed by atoms with E-state index in [0.717, 1.165) is 0 Å². The highest BCUT2D eigenvalue weighted by Crippen LogP contribution is 2.57. The molecule has 0 saturated carbocycles. The molecule has 0 heterocycles. The predicted octanol–water partition coefficient (Wildman–Crippen LogP) is 19.3. The third-order valence-corrected chi connectivity index (χ3v) is 16.2. The van der Waals surface area contributed by atoms with Crippen molar-refractivity contribution in [2.24, 2.45) is 0 Å². The topological polar surface area (TPSA) is 0 Å². The van der Waals surface area contributed by atoms with Gasteiger partial charge < -0.3 is 0 Å². The van der Waals surface area contributed by atoms with E-state index in [2.05, 4.69) is 218 Å². The minimum Gasteiger partial charge on any atom is -0.0622 e. The lowest BCUT2D eigenvalue weighted by Gasteiger charge is -2.17. The van der Waals surface area contributed by atoms with Gasteiger partial charge in [-0.05, 0) is 204 Å². The van der Waals surface area contributed by atoms with Gasteiger partial charge in [0.15, 0.2) is 0 Å². The lowest BCUT2D eigenvalue weighted by molar-refractivity contribution is 1.64. The minimum atomic E-state index is 1.25. The zero-order valence-electron chi connectivity index (χ0n) is 36.8. The summed E-state index contributed by atoms with van der Waals surface area (Å²) in [7, 11) is 0. The Morgan fingerprint density at radius 3 is 1.15 bits per heavy atom. The molecule has 0 unspecified atom stereocenters. The van der Waals surface area contributed by atoms with Crippen LogP contribution >= 0.6 is 0 Å². The SMILES string of the molecule is c1ccc(-c2ccc3cc4c(cc3c2)-c2ccc3c5ccc6c7c(-c8ccccc8)c8cc9c(cc8c(-c8ccccc8)c7c7ccc(c8ccc-4c2c83)c5c76)c2cccc3cccc9c32)cc1. The highest BCUT2D eigenvalue weighted by molar-refractivity contribution is 6.47. The molecule has 0 heteroatoms. The normalized spacial score (nSPS) is 12.7. The Hall–Kier alpha value is -8.84. The number of benzene rings is 14. The molecule has 0 spiro atoms. The van der Waals surface area contributed by atoms with Crippen molar-refractivity contribution in [1.29, 1.82) is 0 Å². The van der Waals surface area contributed by atoms with E-state index in [-0.39, 0.29) is 0 Å². The van der Waals surface area contributed by atoms with E-state index in [1.807, 2.05) is 0 Å². The van der Waals surface area contributed by atoms with Gasteiger partial charge >= 0.3 is 0 Å². The van der Waals surface area contributed by atoms with Crippen molar-refractivity contribution in [2.75, 3.05) is 0 Å². The van der Waals surface area contributed by atoms with Gasteiger partial charge in [0.25, 0.3) is 0 Å². The second-order valence-electron chi connectivity index (χ2n) is 19.4. The van der Waals surface area contributed by atoms with Crippen molar-refractivity contribution in [3.8, 4) is 55.6 Å². The van der Waals surface area contributed by atoms with Crippen LogP contribution in [0.15, 0.2) is 218 Å². The van der Waals surface area contributed by atoms with Crippen LogP contribution in [-0.4, -0.2) is 0 Å². The van der Waals surface area contributed by atoms with Crippen molar-refractivity contribution in [2.45, 2.75) is 0 Å². The second-order valence-corrected chi connectivity index (χ2v) is 19.4. The predicted molar refractivity (Wildman–Crippen MR) is 293 cm³/mol. The standard InChI is InChI=1S/C68H36/c1-4-12-37(13-5-1)41-22-23-42-33-54-50-26-24-46-48-28-30-52-66-53(31-29-49(64(48)66)47-25-27-51(65(50)63(46)47)55(54)34-43(42)32-41)68-62(40-16-8-3-9-17-40)59-36-57-45-21-11-19-38-18-10-20-44(60(38)45)56(57)35-58(59)61(67(52)68)39-14-6-2-7-15-39/h1-36H. The van der Waals surface area contributed by atoms with Crippen LogP contribution < -0.4 is 0 Å². The molecule has 0 fully saturated rings. The second kappa shape index (κ2) is 12.5. The molecule has 0 radical (unpaired) electrons. The zero-order chi connectivity index (χ0) is 43.9. The minimum absolute atomic E-state index is 1.25. The van der Waals surface area contributed by atoms with Gasteiger partial charge in [0, 0.05) is 0 Å². The molecular weight excluding hydrogens is 817 g/mol. The monoisotopic (exact) mass is 852 g/mol. The fourth-order valence-corrected chi connectivity index (χ4v) is 13.4. The zero-order valence-corrected chi connectivity index (χ0v) is 36.8. The summed E-state index contributed by atoms with van der Waals surface area (Å²) < 4.78 is 0. The van der Waals surface area contributed by atoms with Crippen LogP contribution in [0.2, 0.25) is 0 Å². The molecule has 1 aliphatic carbocycles. The summed E-state index contributed by atoms with van der Waals surface area (Å²) in [5.74, 6) is 0. The molecule has 0 atom stereocenters. The third kappa shape index (κ3) is 4.33. The van der Waals surface area contributed by atoms with Gasteiger partial charge in [-0.2, -0.15) is 0 Å². The van der Waals surface area contributed by atoms with E-state index >= 15 is 0 Å². The van der Waals surface area contributed by atoms with Crippen molar-refractivity contribution < 1.29 is 0 Å². The third-order valence-electron chi connectivity index (χ3n) is 16.2. The number of rotatable bonds is 3. The van der Waals surface area contributed by atoms with Gasteiger partial charge in [0.05, 0.1) is 0 Å². The van der Waals surface area contributed by atoms with E-state index in [9.17, 15) is 0 Å². The molecule has 0 saturated heterocycles. The number of hydrogen-bond acceptors (Lipinski definition) is 0.